The Morgan fingerprint density at radius 3 is 2.50 bits per heavy atom. The number of nitrogens with zero attached hydrogens (tertiary/aromatic N) is 1. The molecule has 1 aliphatic heterocycles. The number of rotatable bonds is 6. The molecule has 1 atom stereocenters. The number of halogens is 1. The molecule has 1 aliphatic rings. The van der Waals surface area contributed by atoms with E-state index >= 15 is 0 Å². The third-order valence-electron chi connectivity index (χ3n) is 4.54. The monoisotopic (exact) mass is 403 g/mol. The van der Waals surface area contributed by atoms with E-state index in [2.05, 4.69) is 10.6 Å². The molecular weight excluding hydrogens is 378 g/mol. The van der Waals surface area contributed by atoms with Crippen molar-refractivity contribution in [2.75, 3.05) is 37.0 Å². The van der Waals surface area contributed by atoms with Gasteiger partial charge in [0.05, 0.1) is 19.6 Å². The highest BCUT2D eigenvalue weighted by molar-refractivity contribution is 5.94. The van der Waals surface area contributed by atoms with Crippen molar-refractivity contribution in [3.63, 3.8) is 0 Å². The predicted octanol–water partition coefficient (Wildman–Crippen LogP) is 2.63. The summed E-state index contributed by atoms with van der Waals surface area (Å²) in [5.41, 5.74) is 2.50. The zero-order valence-corrected chi connectivity index (χ0v) is 16.7. The Bertz CT molecular complexity index is 762. The Morgan fingerprint density at radius 1 is 1.14 bits per heavy atom. The molecule has 0 spiro atoms. The maximum atomic E-state index is 12.4. The molecule has 2 aromatic carbocycles. The molecule has 150 valence electrons. The maximum Gasteiger partial charge on any atom is 0.231 e. The Labute approximate surface area is 171 Å². The van der Waals surface area contributed by atoms with Gasteiger partial charge in [0.2, 0.25) is 11.8 Å². The number of likely N-dealkylation sites (N-methyl/N-ethyl adjacent to an activating group) is 1. The van der Waals surface area contributed by atoms with Gasteiger partial charge in [-0.25, -0.2) is 0 Å². The number of hydrogen-bond donors (Lipinski definition) is 2. The van der Waals surface area contributed by atoms with E-state index in [0.717, 1.165) is 23.5 Å². The molecule has 0 radical (unpaired) electrons. The lowest BCUT2D eigenvalue weighted by molar-refractivity contribution is -0.118. The molecule has 3 rings (SSSR count). The minimum absolute atomic E-state index is 0. The van der Waals surface area contributed by atoms with Gasteiger partial charge in [-0.1, -0.05) is 30.3 Å². The van der Waals surface area contributed by atoms with Crippen molar-refractivity contribution in [3.05, 3.63) is 60.2 Å². The first-order chi connectivity index (χ1) is 13.1. The molecule has 2 N–H and O–H groups in total. The Balaban J connectivity index is 0.00000280. The molecule has 28 heavy (non-hydrogen) atoms. The lowest BCUT2D eigenvalue weighted by atomic mass is 10.1. The van der Waals surface area contributed by atoms with Crippen LogP contribution in [0.1, 0.15) is 12.0 Å². The van der Waals surface area contributed by atoms with E-state index in [4.69, 9.17) is 4.74 Å². The van der Waals surface area contributed by atoms with Crippen LogP contribution in [0.15, 0.2) is 54.6 Å². The van der Waals surface area contributed by atoms with Crippen LogP contribution in [0.5, 0.6) is 0 Å². The van der Waals surface area contributed by atoms with Gasteiger partial charge in [0.1, 0.15) is 0 Å². The zero-order valence-electron chi connectivity index (χ0n) is 15.9. The van der Waals surface area contributed by atoms with E-state index in [9.17, 15) is 9.59 Å². The van der Waals surface area contributed by atoms with Gasteiger partial charge < -0.3 is 20.3 Å². The number of benzene rings is 2. The highest BCUT2D eigenvalue weighted by Crippen LogP contribution is 2.15. The first-order valence-corrected chi connectivity index (χ1v) is 9.13. The quantitative estimate of drug-likeness (QED) is 0.777. The average molecular weight is 404 g/mol. The van der Waals surface area contributed by atoms with Gasteiger partial charge in [0.15, 0.2) is 0 Å². The lowest BCUT2D eigenvalue weighted by Crippen LogP contribution is -2.43. The Kier molecular flexibility index (Phi) is 8.44. The van der Waals surface area contributed by atoms with E-state index in [1.165, 1.54) is 0 Å². The molecule has 2 amide bonds. The number of ether oxygens (including phenoxy) is 1. The van der Waals surface area contributed by atoms with Crippen molar-refractivity contribution in [1.29, 1.82) is 0 Å². The SMILES string of the molecule is CN(C(=O)Cc1ccc(NC(=O)CC2COCCN2)cc1)c1ccccc1.Cl. The third-order valence-corrected chi connectivity index (χ3v) is 4.54. The first kappa shape index (κ1) is 21.9. The van der Waals surface area contributed by atoms with Gasteiger partial charge in [0, 0.05) is 37.4 Å². The van der Waals surface area contributed by atoms with Crippen LogP contribution in [-0.4, -0.2) is 44.7 Å². The van der Waals surface area contributed by atoms with Gasteiger partial charge >= 0.3 is 0 Å². The van der Waals surface area contributed by atoms with E-state index in [1.54, 1.807) is 11.9 Å². The van der Waals surface area contributed by atoms with Crippen LogP contribution in [0.25, 0.3) is 0 Å². The standard InChI is InChI=1S/C21H25N3O3.ClH/c1-24(19-5-3-2-4-6-19)21(26)13-16-7-9-17(10-8-16)23-20(25)14-18-15-27-12-11-22-18;/h2-10,18,22H,11-15H2,1H3,(H,23,25);1H. The number of para-hydroxylation sites is 1. The van der Waals surface area contributed by atoms with Crippen molar-refractivity contribution in [2.24, 2.45) is 0 Å². The molecule has 1 unspecified atom stereocenters. The van der Waals surface area contributed by atoms with Crippen LogP contribution >= 0.6 is 12.4 Å². The number of hydrogen-bond acceptors (Lipinski definition) is 4. The molecule has 1 fully saturated rings. The van der Waals surface area contributed by atoms with Crippen molar-refractivity contribution in [3.8, 4) is 0 Å². The fraction of sp³-hybridized carbons (Fsp3) is 0.333. The highest BCUT2D eigenvalue weighted by Gasteiger charge is 2.17. The summed E-state index contributed by atoms with van der Waals surface area (Å²) in [4.78, 5) is 26.2. The highest BCUT2D eigenvalue weighted by atomic mass is 35.5. The molecule has 0 aromatic heterocycles. The van der Waals surface area contributed by atoms with Crippen LogP contribution in [0, 0.1) is 0 Å². The van der Waals surface area contributed by atoms with Gasteiger partial charge in [-0.15, -0.1) is 12.4 Å². The number of amides is 2. The number of carbonyl (C=O) groups excluding carboxylic acids is 2. The summed E-state index contributed by atoms with van der Waals surface area (Å²) in [7, 11) is 1.77. The minimum atomic E-state index is -0.0503. The molecule has 7 heteroatoms. The summed E-state index contributed by atoms with van der Waals surface area (Å²) in [6.45, 7) is 2.03. The Hall–Kier alpha value is -2.41. The summed E-state index contributed by atoms with van der Waals surface area (Å²) in [5.74, 6) is -0.0352. The summed E-state index contributed by atoms with van der Waals surface area (Å²) in [6, 6.07) is 17.0. The van der Waals surface area contributed by atoms with Crippen molar-refractivity contribution in [1.82, 2.24) is 5.32 Å². The number of anilines is 2. The molecule has 0 aliphatic carbocycles. The summed E-state index contributed by atoms with van der Waals surface area (Å²) < 4.78 is 5.36. The van der Waals surface area contributed by atoms with E-state index in [-0.39, 0.29) is 30.3 Å². The summed E-state index contributed by atoms with van der Waals surface area (Å²) in [6.07, 6.45) is 0.686. The van der Waals surface area contributed by atoms with Crippen LogP contribution in [-0.2, 0) is 20.7 Å². The van der Waals surface area contributed by atoms with Crippen LogP contribution in [0.2, 0.25) is 0 Å². The molecule has 0 saturated carbocycles. The second kappa shape index (κ2) is 10.8. The van der Waals surface area contributed by atoms with Crippen LogP contribution in [0.3, 0.4) is 0 Å². The molecule has 1 heterocycles. The fourth-order valence-electron chi connectivity index (χ4n) is 2.98. The molecule has 2 aromatic rings. The molecule has 0 bridgehead atoms. The van der Waals surface area contributed by atoms with E-state index in [1.807, 2.05) is 54.6 Å². The second-order valence-corrected chi connectivity index (χ2v) is 6.64. The van der Waals surface area contributed by atoms with Crippen molar-refractivity contribution < 1.29 is 14.3 Å². The number of morpholine rings is 1. The fourth-order valence-corrected chi connectivity index (χ4v) is 2.98. The molecular formula is C21H26ClN3O3. The summed E-state index contributed by atoms with van der Waals surface area (Å²) in [5, 5.41) is 6.15. The molecule has 6 nitrogen and oxygen atoms in total. The van der Waals surface area contributed by atoms with Crippen LogP contribution in [0.4, 0.5) is 11.4 Å². The number of carbonyl (C=O) groups is 2. The van der Waals surface area contributed by atoms with Gasteiger partial charge in [-0.05, 0) is 29.8 Å². The van der Waals surface area contributed by atoms with Gasteiger partial charge in [-0.3, -0.25) is 9.59 Å². The Morgan fingerprint density at radius 2 is 1.86 bits per heavy atom. The maximum absolute atomic E-state index is 12.4. The molecule has 1 saturated heterocycles. The largest absolute Gasteiger partial charge is 0.378 e. The predicted molar refractivity (Wildman–Crippen MR) is 113 cm³/mol. The minimum Gasteiger partial charge on any atom is -0.378 e. The average Bonchev–Trinajstić information content (AvgIpc) is 2.70. The van der Waals surface area contributed by atoms with Crippen LogP contribution < -0.4 is 15.5 Å². The van der Waals surface area contributed by atoms with Gasteiger partial charge in [-0.2, -0.15) is 0 Å². The van der Waals surface area contributed by atoms with Crippen molar-refractivity contribution in [2.45, 2.75) is 18.9 Å². The smallest absolute Gasteiger partial charge is 0.231 e. The topological polar surface area (TPSA) is 70.7 Å². The van der Waals surface area contributed by atoms with E-state index in [0.29, 0.717) is 26.1 Å². The first-order valence-electron chi connectivity index (χ1n) is 9.13. The zero-order chi connectivity index (χ0) is 19.1. The third kappa shape index (κ3) is 6.34. The van der Waals surface area contributed by atoms with Gasteiger partial charge in [0.25, 0.3) is 0 Å². The van der Waals surface area contributed by atoms with Crippen molar-refractivity contribution >= 4 is 35.6 Å². The lowest BCUT2D eigenvalue weighted by Gasteiger charge is -2.23. The van der Waals surface area contributed by atoms with E-state index < -0.39 is 0 Å². The number of nitrogens with one attached hydrogen (secondary N) is 2. The normalized spacial score (nSPS) is 16.0. The second-order valence-electron chi connectivity index (χ2n) is 6.64. The summed E-state index contributed by atoms with van der Waals surface area (Å²) >= 11 is 0.